The van der Waals surface area contributed by atoms with Crippen LogP contribution in [-0.4, -0.2) is 48.3 Å². The zero-order valence-corrected chi connectivity index (χ0v) is 8.74. The normalized spacial score (nSPS) is 20.4. The van der Waals surface area contributed by atoms with E-state index >= 15 is 0 Å². The van der Waals surface area contributed by atoms with E-state index < -0.39 is 0 Å². The molecule has 0 radical (unpaired) electrons. The molecule has 82 valence electrons. The number of carbonyl (C=O) groups excluding carboxylic acids is 1. The van der Waals surface area contributed by atoms with E-state index in [1.165, 1.54) is 26.2 Å². The van der Waals surface area contributed by atoms with Gasteiger partial charge in [-0.2, -0.15) is 0 Å². The zero-order valence-electron chi connectivity index (χ0n) is 8.74. The summed E-state index contributed by atoms with van der Waals surface area (Å²) in [4.78, 5) is 12.9. The molecule has 1 heterocycles. The molecule has 0 bridgehead atoms. The molecule has 0 aliphatic carbocycles. The lowest BCUT2D eigenvalue weighted by atomic mass is 10.1. The van der Waals surface area contributed by atoms with Gasteiger partial charge in [-0.3, -0.25) is 9.69 Å². The summed E-state index contributed by atoms with van der Waals surface area (Å²) in [7, 11) is 0. The summed E-state index contributed by atoms with van der Waals surface area (Å²) in [6.07, 6.45) is 3.34. The van der Waals surface area contributed by atoms with Gasteiger partial charge in [0.1, 0.15) is 6.10 Å². The third kappa shape index (κ3) is 4.07. The van der Waals surface area contributed by atoms with E-state index in [1.807, 2.05) is 0 Å². The van der Waals surface area contributed by atoms with Crippen LogP contribution in [0.5, 0.6) is 0 Å². The van der Waals surface area contributed by atoms with E-state index in [-0.39, 0.29) is 18.7 Å². The Balaban J connectivity index is 2.27. The first-order chi connectivity index (χ1) is 6.72. The summed E-state index contributed by atoms with van der Waals surface area (Å²) < 4.78 is 4.97. The van der Waals surface area contributed by atoms with Crippen LogP contribution in [0.1, 0.15) is 26.2 Å². The van der Waals surface area contributed by atoms with Crippen molar-refractivity contribution in [3.8, 4) is 0 Å². The number of aliphatic hydroxyl groups excluding tert-OH is 1. The van der Waals surface area contributed by atoms with Crippen LogP contribution < -0.4 is 0 Å². The number of carbonyl (C=O) groups is 1. The molecule has 4 heteroatoms. The summed E-state index contributed by atoms with van der Waals surface area (Å²) in [5.41, 5.74) is 0. The number of aliphatic hydroxyl groups is 1. The molecule has 0 aromatic heterocycles. The molecule has 0 amide bonds. The van der Waals surface area contributed by atoms with E-state index in [4.69, 9.17) is 9.84 Å². The molecule has 1 aliphatic heterocycles. The average molecular weight is 201 g/mol. The SMILES string of the molecule is CC(=O)OC(CO)CN1CCCCC1. The van der Waals surface area contributed by atoms with Gasteiger partial charge in [-0.15, -0.1) is 0 Å². The Labute approximate surface area is 84.8 Å². The second-order valence-electron chi connectivity index (χ2n) is 3.78. The molecule has 1 saturated heterocycles. The number of nitrogens with zero attached hydrogens (tertiary/aromatic N) is 1. The van der Waals surface area contributed by atoms with Crippen LogP contribution in [0.3, 0.4) is 0 Å². The predicted molar refractivity (Wildman–Crippen MR) is 52.9 cm³/mol. The monoisotopic (exact) mass is 201 g/mol. The van der Waals surface area contributed by atoms with Gasteiger partial charge in [0.25, 0.3) is 0 Å². The van der Waals surface area contributed by atoms with Crippen molar-refractivity contribution in [1.29, 1.82) is 0 Å². The minimum Gasteiger partial charge on any atom is -0.459 e. The molecule has 1 rings (SSSR count). The standard InChI is InChI=1S/C10H19NO3/c1-9(13)14-10(8-12)7-11-5-3-2-4-6-11/h10,12H,2-8H2,1H3. The maximum atomic E-state index is 10.7. The van der Waals surface area contributed by atoms with Crippen LogP contribution in [0.15, 0.2) is 0 Å². The molecule has 4 nitrogen and oxygen atoms in total. The second kappa shape index (κ2) is 5.98. The summed E-state index contributed by atoms with van der Waals surface area (Å²) >= 11 is 0. The minimum atomic E-state index is -0.356. The molecule has 14 heavy (non-hydrogen) atoms. The lowest BCUT2D eigenvalue weighted by molar-refractivity contribution is -0.149. The Morgan fingerprint density at radius 1 is 1.43 bits per heavy atom. The van der Waals surface area contributed by atoms with Crippen molar-refractivity contribution < 1.29 is 14.6 Å². The molecule has 0 saturated carbocycles. The largest absolute Gasteiger partial charge is 0.459 e. The van der Waals surface area contributed by atoms with Crippen molar-refractivity contribution in [1.82, 2.24) is 4.90 Å². The summed E-state index contributed by atoms with van der Waals surface area (Å²) in [5.74, 6) is -0.318. The third-order valence-electron chi connectivity index (χ3n) is 2.45. The van der Waals surface area contributed by atoms with E-state index in [1.54, 1.807) is 0 Å². The second-order valence-corrected chi connectivity index (χ2v) is 3.78. The lowest BCUT2D eigenvalue weighted by Crippen LogP contribution is -2.39. The van der Waals surface area contributed by atoms with Crippen molar-refractivity contribution in [3.05, 3.63) is 0 Å². The van der Waals surface area contributed by atoms with Crippen LogP contribution in [0.2, 0.25) is 0 Å². The summed E-state index contributed by atoms with van der Waals surface area (Å²) in [6, 6.07) is 0. The van der Waals surface area contributed by atoms with Crippen molar-refractivity contribution in [2.45, 2.75) is 32.3 Å². The van der Waals surface area contributed by atoms with Crippen LogP contribution in [0.25, 0.3) is 0 Å². The molecule has 0 spiro atoms. The average Bonchev–Trinajstić information content (AvgIpc) is 2.17. The minimum absolute atomic E-state index is 0.0872. The van der Waals surface area contributed by atoms with Crippen LogP contribution >= 0.6 is 0 Å². The molecule has 1 N–H and O–H groups in total. The zero-order chi connectivity index (χ0) is 10.4. The first kappa shape index (κ1) is 11.5. The van der Waals surface area contributed by atoms with Crippen LogP contribution in [0.4, 0.5) is 0 Å². The summed E-state index contributed by atoms with van der Waals surface area (Å²) in [6.45, 7) is 4.06. The number of rotatable bonds is 4. The van der Waals surface area contributed by atoms with Gasteiger partial charge in [0.2, 0.25) is 0 Å². The van der Waals surface area contributed by atoms with Gasteiger partial charge in [-0.25, -0.2) is 0 Å². The Morgan fingerprint density at radius 3 is 2.57 bits per heavy atom. The first-order valence-corrected chi connectivity index (χ1v) is 5.23. The van der Waals surface area contributed by atoms with Gasteiger partial charge in [-0.05, 0) is 25.9 Å². The van der Waals surface area contributed by atoms with Gasteiger partial charge in [0, 0.05) is 13.5 Å². The molecular formula is C10H19NO3. The molecule has 0 aromatic carbocycles. The maximum absolute atomic E-state index is 10.7. The molecule has 1 fully saturated rings. The first-order valence-electron chi connectivity index (χ1n) is 5.23. The lowest BCUT2D eigenvalue weighted by Gasteiger charge is -2.29. The number of likely N-dealkylation sites (tertiary alicyclic amines) is 1. The van der Waals surface area contributed by atoms with E-state index in [9.17, 15) is 4.79 Å². The quantitative estimate of drug-likeness (QED) is 0.669. The number of ether oxygens (including phenoxy) is 1. The third-order valence-corrected chi connectivity index (χ3v) is 2.45. The molecule has 1 aliphatic rings. The van der Waals surface area contributed by atoms with E-state index in [0.717, 1.165) is 13.1 Å². The van der Waals surface area contributed by atoms with Gasteiger partial charge in [0.15, 0.2) is 0 Å². The van der Waals surface area contributed by atoms with Crippen molar-refractivity contribution in [2.24, 2.45) is 0 Å². The van der Waals surface area contributed by atoms with Gasteiger partial charge in [0.05, 0.1) is 6.61 Å². The number of piperidine rings is 1. The van der Waals surface area contributed by atoms with E-state index in [2.05, 4.69) is 4.90 Å². The topological polar surface area (TPSA) is 49.8 Å². The Morgan fingerprint density at radius 2 is 2.07 bits per heavy atom. The fourth-order valence-electron chi connectivity index (χ4n) is 1.80. The molecule has 1 atom stereocenters. The van der Waals surface area contributed by atoms with Gasteiger partial charge < -0.3 is 9.84 Å². The smallest absolute Gasteiger partial charge is 0.303 e. The van der Waals surface area contributed by atoms with Crippen LogP contribution in [0, 0.1) is 0 Å². The van der Waals surface area contributed by atoms with Crippen LogP contribution in [-0.2, 0) is 9.53 Å². The Hall–Kier alpha value is -0.610. The maximum Gasteiger partial charge on any atom is 0.303 e. The highest BCUT2D eigenvalue weighted by molar-refractivity contribution is 5.66. The Bertz CT molecular complexity index is 178. The highest BCUT2D eigenvalue weighted by Crippen LogP contribution is 2.09. The van der Waals surface area contributed by atoms with Gasteiger partial charge in [-0.1, -0.05) is 6.42 Å². The van der Waals surface area contributed by atoms with Crippen molar-refractivity contribution in [2.75, 3.05) is 26.2 Å². The predicted octanol–water partition coefficient (Wildman–Crippen LogP) is 0.396. The highest BCUT2D eigenvalue weighted by atomic mass is 16.5. The van der Waals surface area contributed by atoms with Gasteiger partial charge >= 0.3 is 5.97 Å². The Kier molecular flexibility index (Phi) is 4.90. The number of hydrogen-bond acceptors (Lipinski definition) is 4. The molecule has 1 unspecified atom stereocenters. The summed E-state index contributed by atoms with van der Waals surface area (Å²) in [5, 5.41) is 9.00. The van der Waals surface area contributed by atoms with Crippen molar-refractivity contribution >= 4 is 5.97 Å². The highest BCUT2D eigenvalue weighted by Gasteiger charge is 2.17. The van der Waals surface area contributed by atoms with E-state index in [0.29, 0.717) is 6.54 Å². The fourth-order valence-corrected chi connectivity index (χ4v) is 1.80. The molecular weight excluding hydrogens is 182 g/mol. The number of esters is 1. The van der Waals surface area contributed by atoms with Crippen molar-refractivity contribution in [3.63, 3.8) is 0 Å². The fraction of sp³-hybridized carbons (Fsp3) is 0.900. The number of hydrogen-bond donors (Lipinski definition) is 1. The molecule has 0 aromatic rings.